The number of nitrogens with zero attached hydrogens (tertiary/aromatic N) is 2. The molecule has 0 amide bonds. The molecule has 2 aromatic carbocycles. The van der Waals surface area contributed by atoms with Gasteiger partial charge in [0.15, 0.2) is 0 Å². The Labute approximate surface area is 157 Å². The van der Waals surface area contributed by atoms with E-state index in [-0.39, 0.29) is 28.3 Å². The lowest BCUT2D eigenvalue weighted by Gasteiger charge is -2.15. The molecule has 0 radical (unpaired) electrons. The van der Waals surface area contributed by atoms with E-state index in [9.17, 15) is 19.7 Å². The van der Waals surface area contributed by atoms with Gasteiger partial charge in [-0.1, -0.05) is 17.7 Å². The van der Waals surface area contributed by atoms with E-state index < -0.39 is 16.9 Å². The van der Waals surface area contributed by atoms with Gasteiger partial charge in [-0.2, -0.15) is 10.5 Å². The minimum absolute atomic E-state index is 0.00956. The zero-order chi connectivity index (χ0) is 19.6. The SMILES string of the molecule is N#Cc1c(N)[nH]c(=O)c(C#N)c1-c1c(F)cccc1Oc1ccc(Cl)cc1. The Kier molecular flexibility index (Phi) is 4.80. The molecular weight excluding hydrogens is 371 g/mol. The van der Waals surface area contributed by atoms with Crippen LogP contribution in [0, 0.1) is 28.5 Å². The average Bonchev–Trinajstić information content (AvgIpc) is 2.63. The molecular formula is C19H10ClFN4O2. The van der Waals surface area contributed by atoms with Crippen LogP contribution in [0.15, 0.2) is 47.3 Å². The molecule has 8 heteroatoms. The summed E-state index contributed by atoms with van der Waals surface area (Å²) in [6.07, 6.45) is 0. The Hall–Kier alpha value is -3.81. The van der Waals surface area contributed by atoms with Crippen LogP contribution >= 0.6 is 11.6 Å². The Morgan fingerprint density at radius 1 is 1.04 bits per heavy atom. The third kappa shape index (κ3) is 3.32. The van der Waals surface area contributed by atoms with Gasteiger partial charge in [-0.15, -0.1) is 0 Å². The largest absolute Gasteiger partial charge is 0.457 e. The van der Waals surface area contributed by atoms with Crippen LogP contribution in [0.5, 0.6) is 11.5 Å². The van der Waals surface area contributed by atoms with Crippen LogP contribution in [-0.4, -0.2) is 4.98 Å². The number of aromatic amines is 1. The van der Waals surface area contributed by atoms with Crippen molar-refractivity contribution in [2.75, 3.05) is 5.73 Å². The molecule has 27 heavy (non-hydrogen) atoms. The van der Waals surface area contributed by atoms with Crippen LogP contribution in [0.1, 0.15) is 11.1 Å². The normalized spacial score (nSPS) is 10.1. The van der Waals surface area contributed by atoms with Gasteiger partial charge in [0, 0.05) is 10.6 Å². The van der Waals surface area contributed by atoms with Crippen LogP contribution in [0.2, 0.25) is 5.02 Å². The van der Waals surface area contributed by atoms with Gasteiger partial charge < -0.3 is 15.5 Å². The minimum Gasteiger partial charge on any atom is -0.457 e. The fourth-order valence-electron chi connectivity index (χ4n) is 2.55. The lowest BCUT2D eigenvalue weighted by molar-refractivity contribution is 0.479. The Morgan fingerprint density at radius 2 is 1.70 bits per heavy atom. The number of nitrogen functional groups attached to an aromatic ring is 1. The van der Waals surface area contributed by atoms with Crippen molar-refractivity contribution in [1.29, 1.82) is 10.5 Å². The van der Waals surface area contributed by atoms with E-state index in [1.165, 1.54) is 12.1 Å². The Morgan fingerprint density at radius 3 is 2.33 bits per heavy atom. The van der Waals surface area contributed by atoms with Gasteiger partial charge in [-0.05, 0) is 36.4 Å². The molecule has 1 aromatic heterocycles. The minimum atomic E-state index is -0.829. The van der Waals surface area contributed by atoms with Crippen molar-refractivity contribution < 1.29 is 9.13 Å². The van der Waals surface area contributed by atoms with E-state index in [4.69, 9.17) is 22.1 Å². The van der Waals surface area contributed by atoms with Gasteiger partial charge >= 0.3 is 0 Å². The topological polar surface area (TPSA) is 116 Å². The highest BCUT2D eigenvalue weighted by atomic mass is 35.5. The number of ether oxygens (including phenoxy) is 1. The number of anilines is 1. The number of nitrogens with one attached hydrogen (secondary N) is 1. The molecule has 0 saturated carbocycles. The number of benzene rings is 2. The van der Waals surface area contributed by atoms with E-state index in [2.05, 4.69) is 4.98 Å². The predicted molar refractivity (Wildman–Crippen MR) is 97.8 cm³/mol. The molecule has 0 aliphatic carbocycles. The van der Waals surface area contributed by atoms with Gasteiger partial charge in [-0.25, -0.2) is 4.39 Å². The Balaban J connectivity index is 2.31. The van der Waals surface area contributed by atoms with E-state index in [1.54, 1.807) is 36.4 Å². The van der Waals surface area contributed by atoms with Gasteiger partial charge in [0.05, 0.1) is 5.56 Å². The molecule has 0 aliphatic rings. The molecule has 3 N–H and O–H groups in total. The number of H-pyrrole nitrogens is 1. The van der Waals surface area contributed by atoms with Crippen molar-refractivity contribution in [3.63, 3.8) is 0 Å². The molecule has 1 heterocycles. The number of halogens is 2. The van der Waals surface area contributed by atoms with Crippen LogP contribution < -0.4 is 16.0 Å². The van der Waals surface area contributed by atoms with Gasteiger partial charge in [0.2, 0.25) is 0 Å². The predicted octanol–water partition coefficient (Wildman–Crippen LogP) is 3.95. The number of hydrogen-bond donors (Lipinski definition) is 2. The number of pyridine rings is 1. The second-order valence-corrected chi connectivity index (χ2v) is 5.82. The highest BCUT2D eigenvalue weighted by Gasteiger charge is 2.24. The lowest BCUT2D eigenvalue weighted by atomic mass is 9.95. The third-order valence-electron chi connectivity index (χ3n) is 3.74. The van der Waals surface area contributed by atoms with Gasteiger partial charge in [-0.3, -0.25) is 4.79 Å². The molecule has 3 rings (SSSR count). The molecule has 0 aliphatic heterocycles. The van der Waals surface area contributed by atoms with Gasteiger partial charge in [0.25, 0.3) is 5.56 Å². The first kappa shape index (κ1) is 18.0. The Bertz CT molecular complexity index is 1170. The van der Waals surface area contributed by atoms with Crippen LogP contribution in [-0.2, 0) is 0 Å². The van der Waals surface area contributed by atoms with E-state index in [0.29, 0.717) is 10.8 Å². The molecule has 0 unspecified atom stereocenters. The quantitative estimate of drug-likeness (QED) is 0.713. The summed E-state index contributed by atoms with van der Waals surface area (Å²) < 4.78 is 20.4. The third-order valence-corrected chi connectivity index (χ3v) is 3.99. The van der Waals surface area contributed by atoms with Crippen LogP contribution in [0.25, 0.3) is 11.1 Å². The molecule has 3 aromatic rings. The molecule has 0 bridgehead atoms. The summed E-state index contributed by atoms with van der Waals surface area (Å²) in [5.41, 5.74) is 3.78. The maximum atomic E-state index is 14.7. The van der Waals surface area contributed by atoms with E-state index in [1.807, 2.05) is 0 Å². The fraction of sp³-hybridized carbons (Fsp3) is 0. The summed E-state index contributed by atoms with van der Waals surface area (Å²) in [6, 6.07) is 13.8. The first-order chi connectivity index (χ1) is 13.0. The number of aromatic nitrogens is 1. The summed E-state index contributed by atoms with van der Waals surface area (Å²) in [5.74, 6) is -0.687. The smallest absolute Gasteiger partial charge is 0.268 e. The second-order valence-electron chi connectivity index (χ2n) is 5.39. The van der Waals surface area contributed by atoms with Crippen molar-refractivity contribution >= 4 is 17.4 Å². The van der Waals surface area contributed by atoms with E-state index in [0.717, 1.165) is 6.07 Å². The number of rotatable bonds is 3. The lowest BCUT2D eigenvalue weighted by Crippen LogP contribution is -2.16. The first-order valence-electron chi connectivity index (χ1n) is 7.54. The second kappa shape index (κ2) is 7.20. The zero-order valence-corrected chi connectivity index (χ0v) is 14.3. The first-order valence-corrected chi connectivity index (χ1v) is 7.92. The van der Waals surface area contributed by atoms with Crippen molar-refractivity contribution in [3.8, 4) is 34.8 Å². The van der Waals surface area contributed by atoms with Crippen LogP contribution in [0.4, 0.5) is 10.2 Å². The monoisotopic (exact) mass is 380 g/mol. The van der Waals surface area contributed by atoms with Crippen molar-refractivity contribution in [2.45, 2.75) is 0 Å². The molecule has 6 nitrogen and oxygen atoms in total. The summed E-state index contributed by atoms with van der Waals surface area (Å²) in [7, 11) is 0. The number of nitrogens with two attached hydrogens (primary N) is 1. The molecule has 0 fully saturated rings. The zero-order valence-electron chi connectivity index (χ0n) is 13.6. The average molecular weight is 381 g/mol. The van der Waals surface area contributed by atoms with Crippen molar-refractivity contribution in [1.82, 2.24) is 4.98 Å². The molecule has 0 atom stereocenters. The maximum absolute atomic E-state index is 14.7. The fourth-order valence-corrected chi connectivity index (χ4v) is 2.68. The molecule has 0 saturated heterocycles. The number of hydrogen-bond acceptors (Lipinski definition) is 5. The maximum Gasteiger partial charge on any atom is 0.268 e. The summed E-state index contributed by atoms with van der Waals surface area (Å²) in [6.45, 7) is 0. The summed E-state index contributed by atoms with van der Waals surface area (Å²) >= 11 is 5.84. The summed E-state index contributed by atoms with van der Waals surface area (Å²) in [5, 5.41) is 19.3. The highest BCUT2D eigenvalue weighted by molar-refractivity contribution is 6.30. The van der Waals surface area contributed by atoms with Crippen molar-refractivity contribution in [3.05, 3.63) is 74.8 Å². The van der Waals surface area contributed by atoms with E-state index >= 15 is 0 Å². The van der Waals surface area contributed by atoms with Crippen LogP contribution in [0.3, 0.4) is 0 Å². The summed E-state index contributed by atoms with van der Waals surface area (Å²) in [4.78, 5) is 14.3. The van der Waals surface area contributed by atoms with Crippen molar-refractivity contribution in [2.24, 2.45) is 0 Å². The van der Waals surface area contributed by atoms with Gasteiger partial charge in [0.1, 0.15) is 46.4 Å². The molecule has 132 valence electrons. The standard InChI is InChI=1S/C19H10ClFN4O2/c20-10-4-6-11(7-5-10)27-15-3-1-2-14(21)17(15)16-12(8-22)18(24)25-19(26)13(16)9-23/h1-7H,(H3,24,25,26). The highest BCUT2D eigenvalue weighted by Crippen LogP contribution is 2.39. The number of nitriles is 2. The molecule has 0 spiro atoms.